The Morgan fingerprint density at radius 2 is 1.66 bits per heavy atom. The van der Waals surface area contributed by atoms with E-state index in [0.717, 1.165) is 5.56 Å². The average Bonchev–Trinajstić information content (AvgIpc) is 3.42. The van der Waals surface area contributed by atoms with Crippen LogP contribution in [0.2, 0.25) is 39.7 Å². The van der Waals surface area contributed by atoms with Gasteiger partial charge in [-0.05, 0) is 42.3 Å². The Kier molecular flexibility index (Phi) is 9.88. The van der Waals surface area contributed by atoms with Gasteiger partial charge in [-0.3, -0.25) is 0 Å². The molecular weight excluding hydrogens is 662 g/mol. The van der Waals surface area contributed by atoms with Crippen LogP contribution in [0.15, 0.2) is 48.9 Å². The van der Waals surface area contributed by atoms with E-state index in [1.165, 1.54) is 6.33 Å². The molecule has 2 aromatic carbocycles. The molecule has 13 heteroatoms. The minimum Gasteiger partial charge on any atom is -0.383 e. The van der Waals surface area contributed by atoms with Crippen molar-refractivity contribution in [3.05, 3.63) is 85.7 Å². The summed E-state index contributed by atoms with van der Waals surface area (Å²) >= 11 is 24.9. The number of aromatic nitrogens is 3. The SMILES string of the molecule is C[C@@]1(O)[C@H](OCc2ccc(Cl)cc2Cl)[C@@H](COCc2ccc(Cl)cc2Cl)O[C@H]1n1cc(C#C[Si](C)(C)C)c2c(N)ncnc21. The Labute approximate surface area is 277 Å². The lowest BCUT2D eigenvalue weighted by Crippen LogP contribution is -2.46. The number of halogens is 4. The van der Waals surface area contributed by atoms with Gasteiger partial charge in [-0.15, -0.1) is 5.54 Å². The van der Waals surface area contributed by atoms with E-state index >= 15 is 0 Å². The van der Waals surface area contributed by atoms with E-state index < -0.39 is 32.1 Å². The van der Waals surface area contributed by atoms with E-state index in [1.807, 2.05) is 0 Å². The maximum atomic E-state index is 12.1. The Hall–Kier alpha value is -2.36. The third-order valence-electron chi connectivity index (χ3n) is 7.17. The number of hydrogen-bond donors (Lipinski definition) is 2. The van der Waals surface area contributed by atoms with E-state index in [9.17, 15) is 5.11 Å². The summed E-state index contributed by atoms with van der Waals surface area (Å²) in [5, 5.41) is 14.7. The van der Waals surface area contributed by atoms with E-state index in [-0.39, 0.29) is 25.6 Å². The van der Waals surface area contributed by atoms with E-state index in [0.29, 0.717) is 42.3 Å². The molecule has 2 aromatic heterocycles. The maximum absolute atomic E-state index is 12.1. The molecule has 5 rings (SSSR count). The molecule has 1 aliphatic rings. The van der Waals surface area contributed by atoms with Crippen LogP contribution in [0.1, 0.15) is 29.8 Å². The van der Waals surface area contributed by atoms with Gasteiger partial charge < -0.3 is 29.6 Å². The molecule has 0 saturated carbocycles. The molecule has 1 saturated heterocycles. The molecule has 0 aliphatic carbocycles. The lowest BCUT2D eigenvalue weighted by molar-refractivity contribution is -0.114. The van der Waals surface area contributed by atoms with Crippen molar-refractivity contribution in [2.75, 3.05) is 12.3 Å². The zero-order valence-corrected chi connectivity index (χ0v) is 28.6. The highest BCUT2D eigenvalue weighted by atomic mass is 35.5. The molecule has 4 atom stereocenters. The number of fused-ring (bicyclic) bond motifs is 1. The van der Waals surface area contributed by atoms with Gasteiger partial charge in [0.15, 0.2) is 6.23 Å². The highest BCUT2D eigenvalue weighted by Gasteiger charge is 2.55. The Morgan fingerprint density at radius 3 is 2.27 bits per heavy atom. The van der Waals surface area contributed by atoms with E-state index in [1.54, 1.807) is 54.1 Å². The maximum Gasteiger partial charge on any atom is 0.167 e. The quantitative estimate of drug-likeness (QED) is 0.147. The summed E-state index contributed by atoms with van der Waals surface area (Å²) in [7, 11) is -1.72. The second kappa shape index (κ2) is 13.2. The van der Waals surface area contributed by atoms with Gasteiger partial charge in [-0.25, -0.2) is 9.97 Å². The molecule has 0 spiro atoms. The third-order valence-corrected chi connectivity index (χ3v) is 9.22. The van der Waals surface area contributed by atoms with Crippen LogP contribution in [0.5, 0.6) is 0 Å². The Bertz CT molecular complexity index is 1750. The van der Waals surface area contributed by atoms with Crippen LogP contribution >= 0.6 is 46.4 Å². The lowest BCUT2D eigenvalue weighted by atomic mass is 9.96. The van der Waals surface area contributed by atoms with Crippen LogP contribution in [-0.2, 0) is 27.4 Å². The summed E-state index contributed by atoms with van der Waals surface area (Å²) in [5.74, 6) is 3.56. The van der Waals surface area contributed by atoms with Gasteiger partial charge in [0.25, 0.3) is 0 Å². The minimum absolute atomic E-state index is 0.0865. The average molecular weight is 695 g/mol. The fourth-order valence-corrected chi connectivity index (χ4v) is 6.46. The molecule has 0 amide bonds. The van der Waals surface area contributed by atoms with E-state index in [4.69, 9.17) is 66.3 Å². The van der Waals surface area contributed by atoms with Gasteiger partial charge in [0.05, 0.1) is 30.8 Å². The number of aliphatic hydroxyl groups is 1. The van der Waals surface area contributed by atoms with Crippen LogP contribution in [0.25, 0.3) is 11.0 Å². The molecule has 44 heavy (non-hydrogen) atoms. The van der Waals surface area contributed by atoms with Crippen LogP contribution in [0, 0.1) is 11.5 Å². The summed E-state index contributed by atoms with van der Waals surface area (Å²) in [6.45, 7) is 8.50. The van der Waals surface area contributed by atoms with Crippen LogP contribution in [0.4, 0.5) is 5.82 Å². The topological polar surface area (TPSA) is 105 Å². The summed E-state index contributed by atoms with van der Waals surface area (Å²) in [5.41, 5.74) is 10.7. The number of ether oxygens (including phenoxy) is 3. The standard InChI is InChI=1S/C31H32Cl4N4O4Si/c1-31(40)27(42-15-20-6-8-22(33)12-24(20)35)25(16-41-14-19-5-7-21(32)11-23(19)34)43-30(31)39-13-18(9-10-44(2,3)4)26-28(36)37-17-38-29(26)39/h5-8,11-13,17,25,27,30,40H,14-16H2,1-4H3,(H2,36,37,38)/t25-,27-,30-,31-/m1/s1. The molecule has 232 valence electrons. The molecule has 0 bridgehead atoms. The van der Waals surface area contributed by atoms with E-state index in [2.05, 4.69) is 41.1 Å². The largest absolute Gasteiger partial charge is 0.383 e. The van der Waals surface area contributed by atoms with Gasteiger partial charge in [0, 0.05) is 26.3 Å². The van der Waals surface area contributed by atoms with Crippen LogP contribution < -0.4 is 5.73 Å². The van der Waals surface area contributed by atoms with Gasteiger partial charge in [-0.2, -0.15) is 0 Å². The molecule has 0 unspecified atom stereocenters. The molecule has 4 aromatic rings. The van der Waals surface area contributed by atoms with Crippen molar-refractivity contribution >= 4 is 71.3 Å². The second-order valence-corrected chi connectivity index (χ2v) is 18.3. The predicted molar refractivity (Wildman–Crippen MR) is 178 cm³/mol. The molecule has 1 fully saturated rings. The summed E-state index contributed by atoms with van der Waals surface area (Å²) in [6, 6.07) is 10.4. The van der Waals surface area contributed by atoms with Crippen molar-refractivity contribution in [3.63, 3.8) is 0 Å². The lowest BCUT2D eigenvalue weighted by Gasteiger charge is -2.30. The molecule has 8 nitrogen and oxygen atoms in total. The second-order valence-electron chi connectivity index (χ2n) is 11.9. The molecule has 3 heterocycles. The summed E-state index contributed by atoms with van der Waals surface area (Å²) in [4.78, 5) is 8.68. The minimum atomic E-state index is -1.72. The van der Waals surface area contributed by atoms with Gasteiger partial charge in [0.1, 0.15) is 43.7 Å². The number of nitrogen functional groups attached to an aromatic ring is 1. The van der Waals surface area contributed by atoms with Crippen molar-refractivity contribution in [2.24, 2.45) is 0 Å². The number of anilines is 1. The van der Waals surface area contributed by atoms with Crippen molar-refractivity contribution in [1.82, 2.24) is 14.5 Å². The highest BCUT2D eigenvalue weighted by Crippen LogP contribution is 2.43. The fourth-order valence-electron chi connectivity index (χ4n) is 5.02. The van der Waals surface area contributed by atoms with Gasteiger partial charge in [0.2, 0.25) is 0 Å². The molecule has 3 N–H and O–H groups in total. The number of hydrogen-bond acceptors (Lipinski definition) is 7. The number of rotatable bonds is 8. The van der Waals surface area contributed by atoms with Gasteiger partial charge in [-0.1, -0.05) is 84.1 Å². The monoisotopic (exact) mass is 692 g/mol. The first-order valence-corrected chi connectivity index (χ1v) is 18.8. The Morgan fingerprint density at radius 1 is 1.02 bits per heavy atom. The highest BCUT2D eigenvalue weighted by molar-refractivity contribution is 6.83. The number of benzene rings is 2. The fraction of sp³-hybridized carbons (Fsp3) is 0.355. The third kappa shape index (κ3) is 7.20. The Balaban J connectivity index is 1.48. The normalized spacial score (nSPS) is 21.9. The van der Waals surface area contributed by atoms with Gasteiger partial charge >= 0.3 is 0 Å². The summed E-state index contributed by atoms with van der Waals surface area (Å²) < 4.78 is 20.7. The predicted octanol–water partition coefficient (Wildman–Crippen LogP) is 7.31. The summed E-state index contributed by atoms with van der Waals surface area (Å²) in [6.07, 6.45) is 0.709. The zero-order valence-electron chi connectivity index (χ0n) is 24.6. The molecular formula is C31H32Cl4N4O4Si. The van der Waals surface area contributed by atoms with Crippen molar-refractivity contribution in [3.8, 4) is 11.5 Å². The van der Waals surface area contributed by atoms with Crippen molar-refractivity contribution in [2.45, 2.75) is 63.8 Å². The number of nitrogens with zero attached hydrogens (tertiary/aromatic N) is 3. The first-order valence-electron chi connectivity index (χ1n) is 13.8. The smallest absolute Gasteiger partial charge is 0.167 e. The van der Waals surface area contributed by atoms with Crippen molar-refractivity contribution in [1.29, 1.82) is 0 Å². The first-order chi connectivity index (χ1) is 20.7. The number of nitrogens with two attached hydrogens (primary N) is 1. The molecule has 0 radical (unpaired) electrons. The zero-order chi connectivity index (χ0) is 31.8. The van der Waals surface area contributed by atoms with Crippen LogP contribution in [0.3, 0.4) is 0 Å². The molecule has 1 aliphatic heterocycles. The van der Waals surface area contributed by atoms with Crippen LogP contribution in [-0.4, -0.2) is 52.1 Å². The first kappa shape index (κ1) is 33.0. The van der Waals surface area contributed by atoms with Crippen molar-refractivity contribution < 1.29 is 19.3 Å².